The molecule has 1 aliphatic rings. The van der Waals surface area contributed by atoms with E-state index >= 15 is 0 Å². The Hall–Kier alpha value is -1.17. The number of nitrogens with one attached hydrogen (secondary N) is 1. The smallest absolute Gasteiger partial charge is 0.123 e. The highest BCUT2D eigenvalue weighted by Crippen LogP contribution is 2.40. The van der Waals surface area contributed by atoms with Crippen LogP contribution < -0.4 is 10.1 Å². The number of benzene rings is 1. The predicted molar refractivity (Wildman–Crippen MR) is 74.1 cm³/mol. The fourth-order valence-corrected chi connectivity index (χ4v) is 2.31. The van der Waals surface area contributed by atoms with E-state index in [-0.39, 0.29) is 30.0 Å². The number of hydrogen-bond acceptors (Lipinski definition) is 4. The van der Waals surface area contributed by atoms with E-state index in [2.05, 4.69) is 5.32 Å². The molecule has 0 aliphatic heterocycles. The van der Waals surface area contributed by atoms with E-state index in [1.54, 1.807) is 0 Å². The van der Waals surface area contributed by atoms with E-state index in [4.69, 9.17) is 4.74 Å². The Kier molecular flexibility index (Phi) is 4.62. The highest BCUT2D eigenvalue weighted by Gasteiger charge is 2.46. The molecule has 20 heavy (non-hydrogen) atoms. The van der Waals surface area contributed by atoms with E-state index in [9.17, 15) is 14.6 Å². The molecule has 2 rings (SSSR count). The van der Waals surface area contributed by atoms with Crippen molar-refractivity contribution in [3.05, 3.63) is 30.1 Å². The van der Waals surface area contributed by atoms with Crippen LogP contribution in [0.3, 0.4) is 0 Å². The van der Waals surface area contributed by atoms with E-state index < -0.39 is 6.10 Å². The second-order valence-corrected chi connectivity index (χ2v) is 5.95. The molecule has 112 valence electrons. The molecule has 0 heterocycles. The van der Waals surface area contributed by atoms with Crippen molar-refractivity contribution in [2.75, 3.05) is 13.2 Å². The fraction of sp³-hybridized carbons (Fsp3) is 0.600. The topological polar surface area (TPSA) is 61.7 Å². The normalized spacial score (nSPS) is 25.9. The lowest BCUT2D eigenvalue weighted by Crippen LogP contribution is -2.61. The van der Waals surface area contributed by atoms with Crippen molar-refractivity contribution in [2.24, 2.45) is 5.41 Å². The lowest BCUT2D eigenvalue weighted by molar-refractivity contribution is -0.0755. The van der Waals surface area contributed by atoms with E-state index in [1.165, 1.54) is 24.3 Å². The number of ether oxygens (including phenoxy) is 1. The molecule has 0 amide bonds. The first kappa shape index (κ1) is 15.2. The SMILES string of the molecule is CC1(C)C(O)CC1NCC(O)COc1ccc(F)cc1. The van der Waals surface area contributed by atoms with Gasteiger partial charge in [-0.1, -0.05) is 13.8 Å². The molecule has 0 spiro atoms. The minimum absolute atomic E-state index is 0.147. The summed E-state index contributed by atoms with van der Waals surface area (Å²) in [5.41, 5.74) is -0.155. The Bertz CT molecular complexity index is 435. The van der Waals surface area contributed by atoms with Gasteiger partial charge in [0.05, 0.1) is 6.10 Å². The molecule has 0 saturated heterocycles. The Morgan fingerprint density at radius 3 is 2.60 bits per heavy atom. The van der Waals surface area contributed by atoms with Gasteiger partial charge < -0.3 is 20.3 Å². The summed E-state index contributed by atoms with van der Waals surface area (Å²) in [5, 5.41) is 22.7. The second kappa shape index (κ2) is 6.08. The summed E-state index contributed by atoms with van der Waals surface area (Å²) in [7, 11) is 0. The van der Waals surface area contributed by atoms with E-state index in [0.717, 1.165) is 0 Å². The first-order chi connectivity index (χ1) is 9.39. The van der Waals surface area contributed by atoms with Gasteiger partial charge in [-0.05, 0) is 30.7 Å². The Morgan fingerprint density at radius 1 is 1.40 bits per heavy atom. The van der Waals surface area contributed by atoms with Gasteiger partial charge in [0.1, 0.15) is 24.3 Å². The fourth-order valence-electron chi connectivity index (χ4n) is 2.31. The van der Waals surface area contributed by atoms with Crippen LogP contribution in [-0.2, 0) is 0 Å². The third-order valence-electron chi connectivity index (χ3n) is 4.07. The monoisotopic (exact) mass is 283 g/mol. The summed E-state index contributed by atoms with van der Waals surface area (Å²) < 4.78 is 18.1. The molecule has 0 radical (unpaired) electrons. The molecular weight excluding hydrogens is 261 g/mol. The number of aliphatic hydroxyl groups is 2. The van der Waals surface area contributed by atoms with Gasteiger partial charge in [-0.3, -0.25) is 0 Å². The van der Waals surface area contributed by atoms with Crippen LogP contribution in [0.5, 0.6) is 5.75 Å². The largest absolute Gasteiger partial charge is 0.491 e. The van der Waals surface area contributed by atoms with Crippen LogP contribution in [0.15, 0.2) is 24.3 Å². The van der Waals surface area contributed by atoms with Crippen LogP contribution >= 0.6 is 0 Å². The molecule has 1 aromatic carbocycles. The summed E-state index contributed by atoms with van der Waals surface area (Å²) >= 11 is 0. The van der Waals surface area contributed by atoms with Gasteiger partial charge in [0.25, 0.3) is 0 Å². The average Bonchev–Trinajstić information content (AvgIpc) is 2.42. The van der Waals surface area contributed by atoms with Gasteiger partial charge in [-0.15, -0.1) is 0 Å². The zero-order valence-corrected chi connectivity index (χ0v) is 11.8. The molecule has 3 atom stereocenters. The van der Waals surface area contributed by atoms with Crippen LogP contribution in [0.4, 0.5) is 4.39 Å². The van der Waals surface area contributed by atoms with E-state index in [0.29, 0.717) is 18.7 Å². The molecule has 0 aromatic heterocycles. The maximum absolute atomic E-state index is 12.7. The molecule has 1 saturated carbocycles. The summed E-state index contributed by atoms with van der Waals surface area (Å²) in [4.78, 5) is 0. The van der Waals surface area contributed by atoms with Crippen LogP contribution in [0, 0.1) is 11.2 Å². The average molecular weight is 283 g/mol. The summed E-state index contributed by atoms with van der Waals surface area (Å²) in [6.45, 7) is 4.55. The molecule has 1 aromatic rings. The predicted octanol–water partition coefficient (Wildman–Crippen LogP) is 1.31. The third kappa shape index (κ3) is 3.48. The number of rotatable bonds is 6. The number of halogens is 1. The van der Waals surface area contributed by atoms with Gasteiger partial charge in [0.15, 0.2) is 0 Å². The summed E-state index contributed by atoms with van der Waals surface area (Å²) in [6, 6.07) is 5.90. The van der Waals surface area contributed by atoms with Crippen molar-refractivity contribution >= 4 is 0 Å². The molecule has 4 nitrogen and oxygen atoms in total. The van der Waals surface area contributed by atoms with Gasteiger partial charge >= 0.3 is 0 Å². The summed E-state index contributed by atoms with van der Waals surface area (Å²) in [6.07, 6.45) is -0.223. The van der Waals surface area contributed by atoms with Crippen molar-refractivity contribution in [3.8, 4) is 5.75 Å². The second-order valence-electron chi connectivity index (χ2n) is 5.95. The molecular formula is C15H22FNO3. The standard InChI is InChI=1S/C15H22FNO3/c1-15(2)13(7-14(15)19)17-8-11(18)9-20-12-5-3-10(16)4-6-12/h3-6,11,13-14,17-19H,7-9H2,1-2H3. The van der Waals surface area contributed by atoms with Crippen molar-refractivity contribution in [1.29, 1.82) is 0 Å². The number of hydrogen-bond donors (Lipinski definition) is 3. The van der Waals surface area contributed by atoms with Gasteiger partial charge in [-0.25, -0.2) is 4.39 Å². The van der Waals surface area contributed by atoms with Crippen molar-refractivity contribution in [3.63, 3.8) is 0 Å². The van der Waals surface area contributed by atoms with Crippen LogP contribution in [-0.4, -0.2) is 41.6 Å². The molecule has 3 unspecified atom stereocenters. The first-order valence-electron chi connectivity index (χ1n) is 6.87. The molecule has 3 N–H and O–H groups in total. The quantitative estimate of drug-likeness (QED) is 0.737. The van der Waals surface area contributed by atoms with Crippen LogP contribution in [0.2, 0.25) is 0 Å². The van der Waals surface area contributed by atoms with Crippen molar-refractivity contribution < 1.29 is 19.3 Å². The highest BCUT2D eigenvalue weighted by atomic mass is 19.1. The van der Waals surface area contributed by atoms with Gasteiger partial charge in [0, 0.05) is 18.0 Å². The minimum atomic E-state index is -0.645. The van der Waals surface area contributed by atoms with Gasteiger partial charge in [-0.2, -0.15) is 0 Å². The lowest BCUT2D eigenvalue weighted by atomic mass is 9.64. The van der Waals surface area contributed by atoms with Crippen molar-refractivity contribution in [1.82, 2.24) is 5.32 Å². The zero-order valence-electron chi connectivity index (χ0n) is 11.8. The minimum Gasteiger partial charge on any atom is -0.491 e. The number of aliphatic hydroxyl groups excluding tert-OH is 2. The maximum atomic E-state index is 12.7. The summed E-state index contributed by atoms with van der Waals surface area (Å²) in [5.74, 6) is 0.218. The third-order valence-corrected chi connectivity index (χ3v) is 4.07. The molecule has 1 aliphatic carbocycles. The van der Waals surface area contributed by atoms with Crippen molar-refractivity contribution in [2.45, 2.75) is 38.5 Å². The van der Waals surface area contributed by atoms with Crippen LogP contribution in [0.1, 0.15) is 20.3 Å². The Balaban J connectivity index is 1.68. The van der Waals surface area contributed by atoms with E-state index in [1.807, 2.05) is 13.8 Å². The lowest BCUT2D eigenvalue weighted by Gasteiger charge is -2.49. The highest BCUT2D eigenvalue weighted by molar-refractivity contribution is 5.22. The Labute approximate surface area is 118 Å². The maximum Gasteiger partial charge on any atom is 0.123 e. The zero-order chi connectivity index (χ0) is 14.8. The molecule has 0 bridgehead atoms. The molecule has 5 heteroatoms. The Morgan fingerprint density at radius 2 is 2.05 bits per heavy atom. The molecule has 1 fully saturated rings. The van der Waals surface area contributed by atoms with Crippen LogP contribution in [0.25, 0.3) is 0 Å². The van der Waals surface area contributed by atoms with Gasteiger partial charge in [0.2, 0.25) is 0 Å². The first-order valence-corrected chi connectivity index (χ1v) is 6.87.